The first-order valence-corrected chi connectivity index (χ1v) is 15.8. The van der Waals surface area contributed by atoms with Crippen LogP contribution in [0.4, 0.5) is 9.59 Å². The van der Waals surface area contributed by atoms with Gasteiger partial charge in [0.05, 0.1) is 6.54 Å². The van der Waals surface area contributed by atoms with Crippen LogP contribution in [0.2, 0.25) is 0 Å². The number of amides is 5. The average molecular weight is 635 g/mol. The van der Waals surface area contributed by atoms with Crippen molar-refractivity contribution in [1.29, 1.82) is 5.26 Å². The van der Waals surface area contributed by atoms with E-state index in [0.717, 1.165) is 36.8 Å². The van der Waals surface area contributed by atoms with Crippen LogP contribution in [0.5, 0.6) is 0 Å². The first kappa shape index (κ1) is 32.8. The molecule has 1 saturated heterocycles. The van der Waals surface area contributed by atoms with E-state index in [-0.39, 0.29) is 25.5 Å². The highest BCUT2D eigenvalue weighted by Gasteiger charge is 2.61. The SMILES string of the molecule is C=CC1C[C@]1(NC(=O)[C@@H]1C[C@@H](OC(=O)N2Cc3ccccc3C2)CN1C(=O)[C@H](NC(=O)OC1CCCC1)C(C)(C)C)C(=O)NC#N. The molecule has 0 bridgehead atoms. The smallest absolute Gasteiger partial charge is 0.410 e. The van der Waals surface area contributed by atoms with Crippen LogP contribution in [-0.2, 0) is 36.9 Å². The molecule has 1 unspecified atom stereocenters. The van der Waals surface area contributed by atoms with Crippen molar-refractivity contribution >= 4 is 29.9 Å². The lowest BCUT2D eigenvalue weighted by Crippen LogP contribution is -2.59. The number of hydrogen-bond acceptors (Lipinski definition) is 8. The normalized spacial score (nSPS) is 25.9. The van der Waals surface area contributed by atoms with Crippen LogP contribution in [0.3, 0.4) is 0 Å². The molecule has 5 atom stereocenters. The van der Waals surface area contributed by atoms with Gasteiger partial charge >= 0.3 is 12.2 Å². The lowest BCUT2D eigenvalue weighted by molar-refractivity contribution is -0.143. The molecule has 2 heterocycles. The van der Waals surface area contributed by atoms with Gasteiger partial charge in [0.2, 0.25) is 11.8 Å². The van der Waals surface area contributed by atoms with Crippen molar-refractivity contribution in [2.24, 2.45) is 11.3 Å². The van der Waals surface area contributed by atoms with Crippen LogP contribution in [0.1, 0.15) is 70.4 Å². The number of nitrogens with zero attached hydrogens (tertiary/aromatic N) is 3. The zero-order valence-corrected chi connectivity index (χ0v) is 26.5. The van der Waals surface area contributed by atoms with E-state index < -0.39 is 65.0 Å². The van der Waals surface area contributed by atoms with Crippen molar-refractivity contribution in [3.63, 3.8) is 0 Å². The van der Waals surface area contributed by atoms with Crippen molar-refractivity contribution in [2.45, 2.75) is 102 Å². The summed E-state index contributed by atoms with van der Waals surface area (Å²) in [5.41, 5.74) is -0.121. The van der Waals surface area contributed by atoms with Gasteiger partial charge in [-0.25, -0.2) is 9.59 Å². The van der Waals surface area contributed by atoms with Gasteiger partial charge in [0.15, 0.2) is 6.19 Å². The third-order valence-corrected chi connectivity index (χ3v) is 9.39. The molecule has 46 heavy (non-hydrogen) atoms. The second-order valence-electron chi connectivity index (χ2n) is 13.7. The van der Waals surface area contributed by atoms with E-state index in [2.05, 4.69) is 22.5 Å². The zero-order chi connectivity index (χ0) is 33.2. The molecule has 2 saturated carbocycles. The number of nitrogens with one attached hydrogen (secondary N) is 3. The molecular weight excluding hydrogens is 592 g/mol. The van der Waals surface area contributed by atoms with Crippen LogP contribution in [0, 0.1) is 22.8 Å². The van der Waals surface area contributed by atoms with E-state index in [0.29, 0.717) is 13.1 Å². The summed E-state index contributed by atoms with van der Waals surface area (Å²) in [6.07, 6.45) is 4.47. The molecule has 13 nitrogen and oxygen atoms in total. The Labute approximate surface area is 268 Å². The molecule has 0 aromatic heterocycles. The van der Waals surface area contributed by atoms with Gasteiger partial charge in [0.1, 0.15) is 29.8 Å². The van der Waals surface area contributed by atoms with E-state index in [1.54, 1.807) is 31.9 Å². The number of benzene rings is 1. The number of alkyl carbamates (subject to hydrolysis) is 1. The summed E-state index contributed by atoms with van der Waals surface area (Å²) in [5, 5.41) is 16.6. The fourth-order valence-electron chi connectivity index (χ4n) is 6.68. The number of ether oxygens (including phenoxy) is 2. The molecule has 2 aliphatic carbocycles. The fraction of sp³-hybridized carbons (Fsp3) is 0.576. The molecule has 2 aliphatic heterocycles. The van der Waals surface area contributed by atoms with Gasteiger partial charge in [-0.15, -0.1) is 6.58 Å². The van der Waals surface area contributed by atoms with E-state index in [4.69, 9.17) is 14.7 Å². The second-order valence-corrected chi connectivity index (χ2v) is 13.7. The lowest BCUT2D eigenvalue weighted by Gasteiger charge is -2.35. The van der Waals surface area contributed by atoms with Gasteiger partial charge in [0.25, 0.3) is 5.91 Å². The molecular formula is C33H42N6O7. The quantitative estimate of drug-likeness (QED) is 0.223. The average Bonchev–Trinajstić information content (AvgIpc) is 3.42. The van der Waals surface area contributed by atoms with Crippen molar-refractivity contribution in [1.82, 2.24) is 25.8 Å². The maximum atomic E-state index is 14.2. The number of fused-ring (bicyclic) bond motifs is 1. The minimum absolute atomic E-state index is 0.0256. The molecule has 4 aliphatic rings. The number of rotatable bonds is 8. The predicted octanol–water partition coefficient (Wildman–Crippen LogP) is 2.85. The van der Waals surface area contributed by atoms with Crippen LogP contribution in [-0.4, -0.2) is 76.1 Å². The zero-order valence-electron chi connectivity index (χ0n) is 26.5. The van der Waals surface area contributed by atoms with Crippen molar-refractivity contribution in [3.8, 4) is 6.19 Å². The molecule has 1 aromatic carbocycles. The molecule has 0 spiro atoms. The Kier molecular flexibility index (Phi) is 9.28. The maximum absolute atomic E-state index is 14.2. The van der Waals surface area contributed by atoms with Crippen LogP contribution < -0.4 is 16.0 Å². The molecule has 5 rings (SSSR count). The Morgan fingerprint density at radius 3 is 2.28 bits per heavy atom. The summed E-state index contributed by atoms with van der Waals surface area (Å²) >= 11 is 0. The topological polar surface area (TPSA) is 170 Å². The fourth-order valence-corrected chi connectivity index (χ4v) is 6.68. The Morgan fingerprint density at radius 2 is 1.72 bits per heavy atom. The molecule has 5 amide bonds. The van der Waals surface area contributed by atoms with Gasteiger partial charge in [0, 0.05) is 25.4 Å². The van der Waals surface area contributed by atoms with Crippen LogP contribution >= 0.6 is 0 Å². The molecule has 13 heteroatoms. The van der Waals surface area contributed by atoms with Crippen molar-refractivity contribution in [2.75, 3.05) is 6.54 Å². The Balaban J connectivity index is 1.35. The Bertz CT molecular complexity index is 1420. The number of likely N-dealkylation sites (tertiary alicyclic amines) is 1. The van der Waals surface area contributed by atoms with Gasteiger partial charge in [-0.1, -0.05) is 51.1 Å². The molecule has 3 fully saturated rings. The van der Waals surface area contributed by atoms with E-state index >= 15 is 0 Å². The van der Waals surface area contributed by atoms with E-state index in [1.807, 2.05) is 24.3 Å². The standard InChI is InChI=1S/C33H42N6O7/c1-5-22-15-33(22,29(42)35-19-34)37-27(40)25-14-24(46-31(44)38-16-20-10-6-7-11-21(20)17-38)18-39(25)28(41)26(32(2,3)4)36-30(43)45-23-12-8-9-13-23/h5-7,10-11,22-26H,1,8-9,12-18H2,2-4H3,(H,35,42)(H,36,43)(H,37,40)/t22?,24-,25+,26+,33-/m1/s1. The molecule has 3 N–H and O–H groups in total. The molecule has 246 valence electrons. The third kappa shape index (κ3) is 6.80. The van der Waals surface area contributed by atoms with Crippen molar-refractivity contribution < 1.29 is 33.4 Å². The summed E-state index contributed by atoms with van der Waals surface area (Å²) < 4.78 is 11.4. The summed E-state index contributed by atoms with van der Waals surface area (Å²) in [7, 11) is 0. The molecule has 1 aromatic rings. The molecule has 0 radical (unpaired) electrons. The number of carbonyl (C=O) groups is 5. The summed E-state index contributed by atoms with van der Waals surface area (Å²) in [6, 6.07) is 5.50. The highest BCUT2D eigenvalue weighted by molar-refractivity contribution is 5.99. The van der Waals surface area contributed by atoms with Crippen LogP contribution in [0.15, 0.2) is 36.9 Å². The minimum Gasteiger partial charge on any atom is -0.446 e. The van der Waals surface area contributed by atoms with Gasteiger partial charge < -0.3 is 25.0 Å². The number of carbonyl (C=O) groups excluding carboxylic acids is 5. The summed E-state index contributed by atoms with van der Waals surface area (Å²) in [5.74, 6) is -2.27. The summed E-state index contributed by atoms with van der Waals surface area (Å²) in [4.78, 5) is 69.9. The predicted molar refractivity (Wildman–Crippen MR) is 164 cm³/mol. The first-order valence-electron chi connectivity index (χ1n) is 15.8. The first-order chi connectivity index (χ1) is 21.9. The minimum atomic E-state index is -1.38. The van der Waals surface area contributed by atoms with E-state index in [1.165, 1.54) is 11.0 Å². The van der Waals surface area contributed by atoms with Crippen molar-refractivity contribution in [3.05, 3.63) is 48.0 Å². The van der Waals surface area contributed by atoms with Gasteiger partial charge in [-0.05, 0) is 48.6 Å². The Hall–Kier alpha value is -4.60. The van der Waals surface area contributed by atoms with Crippen LogP contribution in [0.25, 0.3) is 0 Å². The van der Waals surface area contributed by atoms with Gasteiger partial charge in [-0.2, -0.15) is 5.26 Å². The second kappa shape index (κ2) is 13.0. The van der Waals surface area contributed by atoms with E-state index in [9.17, 15) is 24.0 Å². The highest BCUT2D eigenvalue weighted by Crippen LogP contribution is 2.45. The largest absolute Gasteiger partial charge is 0.446 e. The highest BCUT2D eigenvalue weighted by atomic mass is 16.6. The maximum Gasteiger partial charge on any atom is 0.410 e. The lowest BCUT2D eigenvalue weighted by atomic mass is 9.85. The number of hydrogen-bond donors (Lipinski definition) is 3. The number of nitriles is 1. The van der Waals surface area contributed by atoms with Gasteiger partial charge in [-0.3, -0.25) is 24.6 Å². The monoisotopic (exact) mass is 634 g/mol. The Morgan fingerprint density at radius 1 is 1.07 bits per heavy atom. The third-order valence-electron chi connectivity index (χ3n) is 9.39. The summed E-state index contributed by atoms with van der Waals surface area (Å²) in [6.45, 7) is 9.76.